The molecule has 0 aromatic heterocycles. The monoisotopic (exact) mass is 307 g/mol. The lowest BCUT2D eigenvalue weighted by atomic mass is 10.1. The van der Waals surface area contributed by atoms with Crippen molar-refractivity contribution in [1.29, 1.82) is 0 Å². The van der Waals surface area contributed by atoms with Crippen LogP contribution in [0.15, 0.2) is 24.3 Å². The van der Waals surface area contributed by atoms with Crippen LogP contribution in [0.2, 0.25) is 0 Å². The van der Waals surface area contributed by atoms with Gasteiger partial charge in [-0.05, 0) is 49.5 Å². The second kappa shape index (κ2) is 7.47. The van der Waals surface area contributed by atoms with Crippen LogP contribution in [0.1, 0.15) is 29.6 Å². The van der Waals surface area contributed by atoms with Crippen molar-refractivity contribution in [3.05, 3.63) is 29.8 Å². The summed E-state index contributed by atoms with van der Waals surface area (Å²) in [5, 5.41) is 5.68. The zero-order chi connectivity index (χ0) is 15.2. The van der Waals surface area contributed by atoms with Crippen molar-refractivity contribution in [2.75, 3.05) is 17.3 Å². The Morgan fingerprint density at radius 1 is 1.43 bits per heavy atom. The van der Waals surface area contributed by atoms with Crippen LogP contribution < -0.4 is 16.4 Å². The molecule has 21 heavy (non-hydrogen) atoms. The number of benzene rings is 1. The van der Waals surface area contributed by atoms with E-state index in [0.717, 1.165) is 18.6 Å². The SMILES string of the molecule is CSCC[C@@H](N)C(=O)Nc1cccc(C(=O)NC2CC2)c1. The fourth-order valence-corrected chi connectivity index (χ4v) is 2.34. The van der Waals surface area contributed by atoms with Gasteiger partial charge in [-0.2, -0.15) is 11.8 Å². The Hall–Kier alpha value is -1.53. The molecular weight excluding hydrogens is 286 g/mol. The average molecular weight is 307 g/mol. The fraction of sp³-hybridized carbons (Fsp3) is 0.467. The van der Waals surface area contributed by atoms with E-state index in [1.165, 1.54) is 0 Å². The van der Waals surface area contributed by atoms with E-state index in [0.29, 0.717) is 23.7 Å². The van der Waals surface area contributed by atoms with Gasteiger partial charge in [0, 0.05) is 17.3 Å². The summed E-state index contributed by atoms with van der Waals surface area (Å²) in [5.74, 6) is 0.530. The molecule has 2 amide bonds. The molecule has 1 aromatic carbocycles. The molecule has 1 saturated carbocycles. The molecular formula is C15H21N3O2S. The van der Waals surface area contributed by atoms with E-state index in [2.05, 4.69) is 10.6 Å². The van der Waals surface area contributed by atoms with Gasteiger partial charge < -0.3 is 16.4 Å². The van der Waals surface area contributed by atoms with Gasteiger partial charge in [0.15, 0.2) is 0 Å². The minimum Gasteiger partial charge on any atom is -0.349 e. The van der Waals surface area contributed by atoms with Gasteiger partial charge in [-0.3, -0.25) is 9.59 Å². The Kier molecular flexibility index (Phi) is 5.64. The summed E-state index contributed by atoms with van der Waals surface area (Å²) in [6, 6.07) is 6.72. The second-order valence-electron chi connectivity index (χ2n) is 5.21. The van der Waals surface area contributed by atoms with Crippen molar-refractivity contribution in [3.63, 3.8) is 0 Å². The first-order chi connectivity index (χ1) is 10.1. The summed E-state index contributed by atoms with van der Waals surface area (Å²) in [6.07, 6.45) is 4.71. The van der Waals surface area contributed by atoms with Gasteiger partial charge in [0.25, 0.3) is 5.91 Å². The molecule has 1 atom stereocenters. The van der Waals surface area contributed by atoms with Gasteiger partial charge in [-0.15, -0.1) is 0 Å². The Bertz CT molecular complexity index is 517. The molecule has 1 aliphatic rings. The van der Waals surface area contributed by atoms with Crippen LogP contribution in [-0.2, 0) is 4.79 Å². The molecule has 5 nitrogen and oxygen atoms in total. The summed E-state index contributed by atoms with van der Waals surface area (Å²) in [4.78, 5) is 23.9. The van der Waals surface area contributed by atoms with Crippen LogP contribution in [0.4, 0.5) is 5.69 Å². The minimum absolute atomic E-state index is 0.0970. The number of carbonyl (C=O) groups is 2. The van der Waals surface area contributed by atoms with Crippen molar-refractivity contribution in [3.8, 4) is 0 Å². The molecule has 0 bridgehead atoms. The van der Waals surface area contributed by atoms with Crippen molar-refractivity contribution in [2.24, 2.45) is 5.73 Å². The second-order valence-corrected chi connectivity index (χ2v) is 6.19. The highest BCUT2D eigenvalue weighted by atomic mass is 32.2. The van der Waals surface area contributed by atoms with E-state index in [4.69, 9.17) is 5.73 Å². The minimum atomic E-state index is -0.526. The lowest BCUT2D eigenvalue weighted by Gasteiger charge is -2.12. The maximum absolute atomic E-state index is 12.0. The number of hydrogen-bond donors (Lipinski definition) is 3. The molecule has 0 spiro atoms. The maximum atomic E-state index is 12.0. The summed E-state index contributed by atoms with van der Waals surface area (Å²) in [7, 11) is 0. The number of thioether (sulfide) groups is 1. The zero-order valence-corrected chi connectivity index (χ0v) is 12.9. The molecule has 0 heterocycles. The summed E-state index contributed by atoms with van der Waals surface area (Å²) >= 11 is 1.66. The number of carbonyl (C=O) groups excluding carboxylic acids is 2. The van der Waals surface area contributed by atoms with Gasteiger partial charge in [-0.25, -0.2) is 0 Å². The molecule has 0 unspecified atom stereocenters. The predicted molar refractivity (Wildman–Crippen MR) is 86.5 cm³/mol. The summed E-state index contributed by atoms with van der Waals surface area (Å²) < 4.78 is 0. The molecule has 1 fully saturated rings. The van der Waals surface area contributed by atoms with Crippen molar-refractivity contribution >= 4 is 29.3 Å². The Morgan fingerprint density at radius 3 is 2.86 bits per heavy atom. The third kappa shape index (κ3) is 5.06. The van der Waals surface area contributed by atoms with E-state index < -0.39 is 6.04 Å². The van der Waals surface area contributed by atoms with Gasteiger partial charge >= 0.3 is 0 Å². The van der Waals surface area contributed by atoms with Crippen LogP contribution in [0.5, 0.6) is 0 Å². The Balaban J connectivity index is 1.93. The molecule has 2 rings (SSSR count). The smallest absolute Gasteiger partial charge is 0.251 e. The van der Waals surface area contributed by atoms with Crippen LogP contribution in [0.3, 0.4) is 0 Å². The Morgan fingerprint density at radius 2 is 2.19 bits per heavy atom. The zero-order valence-electron chi connectivity index (χ0n) is 12.1. The molecule has 0 saturated heterocycles. The standard InChI is InChI=1S/C15H21N3O2S/c1-21-8-7-13(16)15(20)18-12-4-2-3-10(9-12)14(19)17-11-5-6-11/h2-4,9,11,13H,5-8,16H2,1H3,(H,17,19)(H,18,20)/t13-/m1/s1. The van der Waals surface area contributed by atoms with Crippen molar-refractivity contribution in [2.45, 2.75) is 31.3 Å². The normalized spacial score (nSPS) is 15.3. The molecule has 114 valence electrons. The molecule has 4 N–H and O–H groups in total. The number of nitrogens with one attached hydrogen (secondary N) is 2. The molecule has 0 aliphatic heterocycles. The van der Waals surface area contributed by atoms with Gasteiger partial charge in [0.1, 0.15) is 0 Å². The van der Waals surface area contributed by atoms with E-state index in [1.807, 2.05) is 6.26 Å². The highest BCUT2D eigenvalue weighted by molar-refractivity contribution is 7.98. The van der Waals surface area contributed by atoms with Gasteiger partial charge in [-0.1, -0.05) is 6.07 Å². The number of amides is 2. The van der Waals surface area contributed by atoms with Crippen LogP contribution in [0, 0.1) is 0 Å². The largest absolute Gasteiger partial charge is 0.349 e. The maximum Gasteiger partial charge on any atom is 0.251 e. The Labute approximate surface area is 129 Å². The number of nitrogens with two attached hydrogens (primary N) is 1. The third-order valence-corrected chi connectivity index (χ3v) is 3.92. The molecule has 6 heteroatoms. The molecule has 1 aromatic rings. The fourth-order valence-electron chi connectivity index (χ4n) is 1.85. The highest BCUT2D eigenvalue weighted by Gasteiger charge is 2.23. The number of rotatable bonds is 7. The predicted octanol–water partition coefficient (Wildman–Crippen LogP) is 1.60. The van der Waals surface area contributed by atoms with Crippen LogP contribution in [0.25, 0.3) is 0 Å². The lowest BCUT2D eigenvalue weighted by molar-refractivity contribution is -0.117. The lowest BCUT2D eigenvalue weighted by Crippen LogP contribution is -2.36. The number of anilines is 1. The third-order valence-electron chi connectivity index (χ3n) is 3.27. The first-order valence-corrected chi connectivity index (χ1v) is 8.46. The van der Waals surface area contributed by atoms with Gasteiger partial charge in [0.2, 0.25) is 5.91 Å². The van der Waals surface area contributed by atoms with E-state index >= 15 is 0 Å². The average Bonchev–Trinajstić information content (AvgIpc) is 3.28. The first kappa shape index (κ1) is 15.9. The van der Waals surface area contributed by atoms with E-state index in [-0.39, 0.29) is 11.8 Å². The van der Waals surface area contributed by atoms with E-state index in [1.54, 1.807) is 36.0 Å². The first-order valence-electron chi connectivity index (χ1n) is 7.06. The van der Waals surface area contributed by atoms with Crippen LogP contribution >= 0.6 is 11.8 Å². The van der Waals surface area contributed by atoms with Crippen molar-refractivity contribution < 1.29 is 9.59 Å². The van der Waals surface area contributed by atoms with Gasteiger partial charge in [0.05, 0.1) is 6.04 Å². The number of hydrogen-bond acceptors (Lipinski definition) is 4. The van der Waals surface area contributed by atoms with Crippen LogP contribution in [-0.4, -0.2) is 35.9 Å². The molecule has 0 radical (unpaired) electrons. The van der Waals surface area contributed by atoms with Crippen molar-refractivity contribution in [1.82, 2.24) is 5.32 Å². The summed E-state index contributed by atoms with van der Waals surface area (Å²) in [5.41, 5.74) is 6.97. The van der Waals surface area contributed by atoms with E-state index in [9.17, 15) is 9.59 Å². The quantitative estimate of drug-likeness (QED) is 0.714. The summed E-state index contributed by atoms with van der Waals surface area (Å²) in [6.45, 7) is 0. The highest BCUT2D eigenvalue weighted by Crippen LogP contribution is 2.20. The topological polar surface area (TPSA) is 84.2 Å². The molecule has 1 aliphatic carbocycles.